The first-order valence-electron chi connectivity index (χ1n) is 9.52. The summed E-state index contributed by atoms with van der Waals surface area (Å²) in [5.41, 5.74) is 2.10. The Morgan fingerprint density at radius 3 is 2.60 bits per heavy atom. The largest absolute Gasteiger partial charge is 0.486 e. The lowest BCUT2D eigenvalue weighted by Gasteiger charge is -2.12. The van der Waals surface area contributed by atoms with Crippen LogP contribution in [0.25, 0.3) is 0 Å². The molecule has 2 N–H and O–H groups in total. The SMILES string of the molecule is Cc1ccc(NC(=O)C(C)C)cc1NC(=O)c1ccc(COc2cccc(Br)c2)o1. The van der Waals surface area contributed by atoms with Gasteiger partial charge in [-0.15, -0.1) is 0 Å². The number of hydrogen-bond donors (Lipinski definition) is 2. The van der Waals surface area contributed by atoms with Crippen molar-refractivity contribution in [2.75, 3.05) is 10.6 Å². The van der Waals surface area contributed by atoms with Gasteiger partial charge in [0.05, 0.1) is 0 Å². The predicted molar refractivity (Wildman–Crippen MR) is 120 cm³/mol. The van der Waals surface area contributed by atoms with Gasteiger partial charge in [0.1, 0.15) is 18.1 Å². The van der Waals surface area contributed by atoms with Crippen molar-refractivity contribution in [1.29, 1.82) is 0 Å². The number of benzene rings is 2. The number of rotatable bonds is 7. The lowest BCUT2D eigenvalue weighted by molar-refractivity contribution is -0.118. The van der Waals surface area contributed by atoms with Crippen molar-refractivity contribution in [3.8, 4) is 5.75 Å². The average Bonchev–Trinajstić information content (AvgIpc) is 3.18. The first kappa shape index (κ1) is 21.6. The average molecular weight is 471 g/mol. The molecule has 3 rings (SSSR count). The lowest BCUT2D eigenvalue weighted by Crippen LogP contribution is -2.18. The van der Waals surface area contributed by atoms with Gasteiger partial charge in [-0.05, 0) is 55.0 Å². The number of halogens is 1. The van der Waals surface area contributed by atoms with E-state index in [4.69, 9.17) is 9.15 Å². The predicted octanol–water partition coefficient (Wildman–Crippen LogP) is 5.78. The second kappa shape index (κ2) is 9.63. The summed E-state index contributed by atoms with van der Waals surface area (Å²) in [6.07, 6.45) is 0. The van der Waals surface area contributed by atoms with Crippen LogP contribution in [0, 0.1) is 12.8 Å². The monoisotopic (exact) mass is 470 g/mol. The van der Waals surface area contributed by atoms with Gasteiger partial charge in [-0.2, -0.15) is 0 Å². The maximum atomic E-state index is 12.6. The van der Waals surface area contributed by atoms with Gasteiger partial charge >= 0.3 is 0 Å². The van der Waals surface area contributed by atoms with Crippen molar-refractivity contribution >= 4 is 39.1 Å². The highest BCUT2D eigenvalue weighted by atomic mass is 79.9. The Labute approximate surface area is 183 Å². The summed E-state index contributed by atoms with van der Waals surface area (Å²) in [6, 6.07) is 16.2. The Bertz CT molecular complexity index is 1060. The Hall–Kier alpha value is -3.06. The topological polar surface area (TPSA) is 80.6 Å². The number of anilines is 2. The molecular formula is C23H23BrN2O4. The van der Waals surface area contributed by atoms with Crippen molar-refractivity contribution in [2.45, 2.75) is 27.4 Å². The van der Waals surface area contributed by atoms with Gasteiger partial charge < -0.3 is 19.8 Å². The minimum atomic E-state index is -0.376. The molecule has 0 saturated carbocycles. The van der Waals surface area contributed by atoms with Crippen LogP contribution >= 0.6 is 15.9 Å². The van der Waals surface area contributed by atoms with E-state index in [-0.39, 0.29) is 30.1 Å². The molecule has 0 atom stereocenters. The molecule has 0 unspecified atom stereocenters. The molecule has 0 aliphatic heterocycles. The highest BCUT2D eigenvalue weighted by Crippen LogP contribution is 2.23. The zero-order valence-corrected chi connectivity index (χ0v) is 18.6. The van der Waals surface area contributed by atoms with Crippen LogP contribution < -0.4 is 15.4 Å². The van der Waals surface area contributed by atoms with Crippen LogP contribution in [0.15, 0.2) is 63.5 Å². The summed E-state index contributed by atoms with van der Waals surface area (Å²) in [5, 5.41) is 5.66. The third kappa shape index (κ3) is 5.73. The molecule has 2 aromatic carbocycles. The summed E-state index contributed by atoms with van der Waals surface area (Å²) in [7, 11) is 0. The van der Waals surface area contributed by atoms with Crippen LogP contribution in [0.4, 0.5) is 11.4 Å². The minimum absolute atomic E-state index is 0.0859. The van der Waals surface area contributed by atoms with Crippen LogP contribution in [0.2, 0.25) is 0 Å². The molecule has 1 aromatic heterocycles. The van der Waals surface area contributed by atoms with Crippen molar-refractivity contribution in [3.05, 3.63) is 76.2 Å². The van der Waals surface area contributed by atoms with E-state index >= 15 is 0 Å². The summed E-state index contributed by atoms with van der Waals surface area (Å²) in [5.74, 6) is 0.817. The fourth-order valence-electron chi connectivity index (χ4n) is 2.59. The maximum absolute atomic E-state index is 12.6. The van der Waals surface area contributed by atoms with Gasteiger partial charge in [0.15, 0.2) is 5.76 Å². The van der Waals surface area contributed by atoms with Crippen molar-refractivity contribution < 1.29 is 18.7 Å². The van der Waals surface area contributed by atoms with Gasteiger partial charge in [0.25, 0.3) is 5.91 Å². The number of amides is 2. The van der Waals surface area contributed by atoms with E-state index in [9.17, 15) is 9.59 Å². The molecule has 0 saturated heterocycles. The van der Waals surface area contributed by atoms with E-state index in [0.717, 1.165) is 10.0 Å². The molecule has 3 aromatic rings. The molecular weight excluding hydrogens is 448 g/mol. The number of nitrogens with one attached hydrogen (secondary N) is 2. The van der Waals surface area contributed by atoms with Gasteiger partial charge in [0.2, 0.25) is 5.91 Å². The van der Waals surface area contributed by atoms with E-state index in [0.29, 0.717) is 22.9 Å². The third-order valence-corrected chi connectivity index (χ3v) is 4.83. The number of aryl methyl sites for hydroxylation is 1. The lowest BCUT2D eigenvalue weighted by atomic mass is 10.1. The molecule has 0 fully saturated rings. The van der Waals surface area contributed by atoms with Crippen LogP contribution in [0.3, 0.4) is 0 Å². The highest BCUT2D eigenvalue weighted by Gasteiger charge is 2.14. The summed E-state index contributed by atoms with van der Waals surface area (Å²) >= 11 is 3.39. The molecule has 1 heterocycles. The molecule has 0 spiro atoms. The molecule has 30 heavy (non-hydrogen) atoms. The second-order valence-electron chi connectivity index (χ2n) is 7.14. The van der Waals surface area contributed by atoms with Gasteiger partial charge in [-0.25, -0.2) is 0 Å². The Morgan fingerprint density at radius 1 is 1.07 bits per heavy atom. The summed E-state index contributed by atoms with van der Waals surface area (Å²) in [4.78, 5) is 24.5. The molecule has 7 heteroatoms. The number of ether oxygens (including phenoxy) is 1. The zero-order chi connectivity index (χ0) is 21.7. The van der Waals surface area contributed by atoms with E-state index in [1.807, 2.05) is 51.1 Å². The first-order valence-corrected chi connectivity index (χ1v) is 10.3. The Kier molecular flexibility index (Phi) is 6.95. The zero-order valence-electron chi connectivity index (χ0n) is 17.0. The van der Waals surface area contributed by atoms with E-state index < -0.39 is 0 Å². The van der Waals surface area contributed by atoms with Gasteiger partial charge in [-0.3, -0.25) is 9.59 Å². The fraction of sp³-hybridized carbons (Fsp3) is 0.217. The number of carbonyl (C=O) groups is 2. The fourth-order valence-corrected chi connectivity index (χ4v) is 2.97. The molecule has 0 radical (unpaired) electrons. The number of furan rings is 1. The Balaban J connectivity index is 1.64. The van der Waals surface area contributed by atoms with Crippen LogP contribution in [-0.4, -0.2) is 11.8 Å². The van der Waals surface area contributed by atoms with Crippen LogP contribution in [-0.2, 0) is 11.4 Å². The molecule has 6 nitrogen and oxygen atoms in total. The van der Waals surface area contributed by atoms with Crippen molar-refractivity contribution in [2.24, 2.45) is 5.92 Å². The van der Waals surface area contributed by atoms with Crippen molar-refractivity contribution in [3.63, 3.8) is 0 Å². The van der Waals surface area contributed by atoms with Crippen molar-refractivity contribution in [1.82, 2.24) is 0 Å². The highest BCUT2D eigenvalue weighted by molar-refractivity contribution is 9.10. The minimum Gasteiger partial charge on any atom is -0.486 e. The quantitative estimate of drug-likeness (QED) is 0.458. The standard InChI is InChI=1S/C23H23BrN2O4/c1-14(2)22(27)25-17-8-7-15(3)20(12-17)26-23(28)21-10-9-19(30-21)13-29-18-6-4-5-16(24)11-18/h4-12,14H,13H2,1-3H3,(H,25,27)(H,26,28). The second-order valence-corrected chi connectivity index (χ2v) is 8.06. The maximum Gasteiger partial charge on any atom is 0.291 e. The molecule has 0 aliphatic carbocycles. The molecule has 2 amide bonds. The summed E-state index contributed by atoms with van der Waals surface area (Å²) < 4.78 is 12.2. The van der Waals surface area contributed by atoms with E-state index in [1.165, 1.54) is 0 Å². The van der Waals surface area contributed by atoms with E-state index in [2.05, 4.69) is 26.6 Å². The molecule has 0 aliphatic rings. The number of carbonyl (C=O) groups excluding carboxylic acids is 2. The third-order valence-electron chi connectivity index (χ3n) is 4.34. The van der Waals surface area contributed by atoms with Crippen LogP contribution in [0.5, 0.6) is 5.75 Å². The van der Waals surface area contributed by atoms with Gasteiger partial charge in [0, 0.05) is 21.8 Å². The molecule has 0 bridgehead atoms. The number of hydrogen-bond acceptors (Lipinski definition) is 4. The summed E-state index contributed by atoms with van der Waals surface area (Å²) in [6.45, 7) is 5.73. The molecule has 156 valence electrons. The van der Waals surface area contributed by atoms with E-state index in [1.54, 1.807) is 24.3 Å². The van der Waals surface area contributed by atoms with Gasteiger partial charge in [-0.1, -0.05) is 41.9 Å². The normalized spacial score (nSPS) is 10.7. The smallest absolute Gasteiger partial charge is 0.291 e. The Morgan fingerprint density at radius 2 is 1.87 bits per heavy atom. The first-order chi connectivity index (χ1) is 14.3. The van der Waals surface area contributed by atoms with Crippen LogP contribution in [0.1, 0.15) is 35.7 Å².